The first-order chi connectivity index (χ1) is 15.8. The Morgan fingerprint density at radius 3 is 2.67 bits per heavy atom. The summed E-state index contributed by atoms with van der Waals surface area (Å²) in [6.07, 6.45) is 2.31. The fourth-order valence-corrected chi connectivity index (χ4v) is 6.21. The summed E-state index contributed by atoms with van der Waals surface area (Å²) in [6.45, 7) is 3.00. The molecule has 0 saturated carbocycles. The number of nitrogens with zero attached hydrogens (tertiary/aromatic N) is 2. The molecule has 0 bridgehead atoms. The number of rotatable bonds is 6. The summed E-state index contributed by atoms with van der Waals surface area (Å²) in [5, 5.41) is 0. The Hall–Kier alpha value is -2.78. The predicted molar refractivity (Wildman–Crippen MR) is 124 cm³/mol. The van der Waals surface area contributed by atoms with E-state index < -0.39 is 10.0 Å². The Balaban J connectivity index is 1.53. The van der Waals surface area contributed by atoms with Gasteiger partial charge in [0.15, 0.2) is 17.6 Å². The van der Waals surface area contributed by atoms with Crippen molar-refractivity contribution in [2.75, 3.05) is 33.9 Å². The van der Waals surface area contributed by atoms with E-state index in [9.17, 15) is 13.2 Å². The zero-order chi connectivity index (χ0) is 23.6. The van der Waals surface area contributed by atoms with Gasteiger partial charge in [0.25, 0.3) is 5.91 Å². The first-order valence-electron chi connectivity index (χ1n) is 11.1. The fourth-order valence-electron chi connectivity index (χ4n) is 4.33. The first kappa shape index (κ1) is 23.4. The highest BCUT2D eigenvalue weighted by Crippen LogP contribution is 2.33. The molecule has 2 aromatic carbocycles. The van der Waals surface area contributed by atoms with Crippen molar-refractivity contribution in [1.29, 1.82) is 0 Å². The minimum absolute atomic E-state index is 0.0178. The number of hydrogen-bond acceptors (Lipinski definition) is 6. The van der Waals surface area contributed by atoms with Gasteiger partial charge in [0.2, 0.25) is 10.0 Å². The smallest absolute Gasteiger partial charge is 0.253 e. The van der Waals surface area contributed by atoms with Crippen molar-refractivity contribution < 1.29 is 27.4 Å². The van der Waals surface area contributed by atoms with E-state index >= 15 is 0 Å². The molecule has 0 unspecified atom stereocenters. The molecule has 0 spiro atoms. The van der Waals surface area contributed by atoms with Crippen LogP contribution in [0.2, 0.25) is 0 Å². The number of hydrogen-bond donors (Lipinski definition) is 0. The summed E-state index contributed by atoms with van der Waals surface area (Å²) in [6, 6.07) is 11.8. The van der Waals surface area contributed by atoms with Crippen LogP contribution in [-0.4, -0.2) is 69.5 Å². The van der Waals surface area contributed by atoms with E-state index in [1.54, 1.807) is 19.2 Å². The molecule has 0 radical (unpaired) electrons. The number of ether oxygens (including phenoxy) is 3. The van der Waals surface area contributed by atoms with E-state index in [1.165, 1.54) is 22.4 Å². The van der Waals surface area contributed by atoms with Crippen molar-refractivity contribution in [1.82, 2.24) is 9.21 Å². The molecule has 1 amide bonds. The third-order valence-corrected chi connectivity index (χ3v) is 8.17. The zero-order valence-electron chi connectivity index (χ0n) is 19.2. The quantitative estimate of drug-likeness (QED) is 0.639. The number of carbonyl (C=O) groups is 1. The number of methoxy groups -OCH3 is 1. The van der Waals surface area contributed by atoms with E-state index in [0.717, 1.165) is 19.3 Å². The molecule has 2 atom stereocenters. The molecule has 2 aliphatic rings. The second-order valence-electron chi connectivity index (χ2n) is 8.51. The van der Waals surface area contributed by atoms with Crippen LogP contribution in [0.1, 0.15) is 36.5 Å². The topological polar surface area (TPSA) is 85.4 Å². The lowest BCUT2D eigenvalue weighted by Gasteiger charge is -2.32. The third kappa shape index (κ3) is 4.79. The van der Waals surface area contributed by atoms with Gasteiger partial charge in [-0.2, -0.15) is 4.31 Å². The first-order valence-corrected chi connectivity index (χ1v) is 12.6. The van der Waals surface area contributed by atoms with Crippen LogP contribution >= 0.6 is 0 Å². The molecular weight excluding hydrogens is 444 g/mol. The molecular formula is C24H30N2O6S. The van der Waals surface area contributed by atoms with Gasteiger partial charge in [-0.25, -0.2) is 8.42 Å². The number of para-hydroxylation sites is 2. The lowest BCUT2D eigenvalue weighted by Crippen LogP contribution is -2.42. The molecule has 33 heavy (non-hydrogen) atoms. The van der Waals surface area contributed by atoms with E-state index in [4.69, 9.17) is 14.2 Å². The van der Waals surface area contributed by atoms with E-state index in [1.807, 2.05) is 31.2 Å². The molecule has 2 aromatic rings. The molecule has 1 saturated heterocycles. The molecule has 4 rings (SSSR count). The van der Waals surface area contributed by atoms with Gasteiger partial charge in [0.05, 0.1) is 13.7 Å². The number of likely N-dealkylation sites (N-methyl/N-ethyl adjacent to an activating group) is 1. The average molecular weight is 475 g/mol. The van der Waals surface area contributed by atoms with Crippen molar-refractivity contribution in [3.63, 3.8) is 0 Å². The van der Waals surface area contributed by atoms with E-state index in [0.29, 0.717) is 31.2 Å². The summed E-state index contributed by atoms with van der Waals surface area (Å²) in [7, 11) is -0.709. The Morgan fingerprint density at radius 1 is 1.18 bits per heavy atom. The van der Waals surface area contributed by atoms with Crippen LogP contribution in [0, 0.1) is 0 Å². The zero-order valence-corrected chi connectivity index (χ0v) is 20.0. The maximum absolute atomic E-state index is 13.4. The van der Waals surface area contributed by atoms with Crippen LogP contribution in [-0.2, 0) is 10.0 Å². The molecule has 0 N–H and O–H groups in total. The largest absolute Gasteiger partial charge is 0.495 e. The minimum Gasteiger partial charge on any atom is -0.495 e. The lowest BCUT2D eigenvalue weighted by molar-refractivity contribution is 0.0521. The normalized spacial score (nSPS) is 20.8. The standard InChI is InChI=1S/C24H30N2O6S/c1-17-8-6-7-13-26(17)33(28,29)23-14-18(11-12-22(23)30-3)24(27)25(2)15-19-16-31-20-9-4-5-10-21(20)32-19/h4-5,9-12,14,17,19H,6-8,13,15-16H2,1-3H3/t17-,19+/m0/s1. The number of amides is 1. The van der Waals surface area contributed by atoms with Gasteiger partial charge in [-0.15, -0.1) is 0 Å². The summed E-state index contributed by atoms with van der Waals surface area (Å²) in [5.74, 6) is 1.25. The Bertz CT molecular complexity index is 1120. The maximum Gasteiger partial charge on any atom is 0.253 e. The van der Waals surface area contributed by atoms with Crippen LogP contribution in [0.5, 0.6) is 17.2 Å². The highest BCUT2D eigenvalue weighted by molar-refractivity contribution is 7.89. The monoisotopic (exact) mass is 474 g/mol. The molecule has 9 heteroatoms. The van der Waals surface area contributed by atoms with Crippen molar-refractivity contribution in [2.24, 2.45) is 0 Å². The second-order valence-corrected chi connectivity index (χ2v) is 10.4. The molecule has 2 aliphatic heterocycles. The molecule has 178 valence electrons. The number of sulfonamides is 1. The van der Waals surface area contributed by atoms with Crippen LogP contribution in [0.25, 0.3) is 0 Å². The van der Waals surface area contributed by atoms with Gasteiger partial charge < -0.3 is 19.1 Å². The van der Waals surface area contributed by atoms with Gasteiger partial charge in [0, 0.05) is 25.2 Å². The second kappa shape index (κ2) is 9.61. The summed E-state index contributed by atoms with van der Waals surface area (Å²) >= 11 is 0. The number of carbonyl (C=O) groups excluding carboxylic acids is 1. The average Bonchev–Trinajstić information content (AvgIpc) is 2.83. The molecule has 0 aromatic heterocycles. The van der Waals surface area contributed by atoms with E-state index in [2.05, 4.69) is 0 Å². The van der Waals surface area contributed by atoms with Gasteiger partial charge in [-0.3, -0.25) is 4.79 Å². The van der Waals surface area contributed by atoms with Crippen LogP contribution in [0.4, 0.5) is 0 Å². The molecule has 2 heterocycles. The predicted octanol–water partition coefficient (Wildman–Crippen LogP) is 3.17. The van der Waals surface area contributed by atoms with Gasteiger partial charge in [0.1, 0.15) is 17.3 Å². The summed E-state index contributed by atoms with van der Waals surface area (Å²) < 4.78 is 45.4. The number of benzene rings is 2. The van der Waals surface area contributed by atoms with Gasteiger partial charge in [-0.1, -0.05) is 18.6 Å². The summed E-state index contributed by atoms with van der Waals surface area (Å²) in [5.41, 5.74) is 0.277. The van der Waals surface area contributed by atoms with Crippen LogP contribution in [0.15, 0.2) is 47.4 Å². The van der Waals surface area contributed by atoms with Gasteiger partial charge >= 0.3 is 0 Å². The lowest BCUT2D eigenvalue weighted by atomic mass is 10.1. The minimum atomic E-state index is -3.80. The van der Waals surface area contributed by atoms with Crippen molar-refractivity contribution >= 4 is 15.9 Å². The molecule has 8 nitrogen and oxygen atoms in total. The maximum atomic E-state index is 13.4. The molecule has 0 aliphatic carbocycles. The summed E-state index contributed by atoms with van der Waals surface area (Å²) in [4.78, 5) is 14.7. The SMILES string of the molecule is COc1ccc(C(=O)N(C)C[C@@H]2COc3ccccc3O2)cc1S(=O)(=O)N1CCCC[C@@H]1C. The number of fused-ring (bicyclic) bond motifs is 1. The Kier molecular flexibility index (Phi) is 6.81. The number of piperidine rings is 1. The van der Waals surface area contributed by atoms with E-state index in [-0.39, 0.29) is 34.3 Å². The fraction of sp³-hybridized carbons (Fsp3) is 0.458. The highest BCUT2D eigenvalue weighted by Gasteiger charge is 2.34. The molecule has 1 fully saturated rings. The third-order valence-electron chi connectivity index (χ3n) is 6.13. The van der Waals surface area contributed by atoms with Crippen molar-refractivity contribution in [3.8, 4) is 17.2 Å². The van der Waals surface area contributed by atoms with Crippen molar-refractivity contribution in [2.45, 2.75) is 43.2 Å². The van der Waals surface area contributed by atoms with Crippen LogP contribution in [0.3, 0.4) is 0 Å². The van der Waals surface area contributed by atoms with Crippen LogP contribution < -0.4 is 14.2 Å². The highest BCUT2D eigenvalue weighted by atomic mass is 32.2. The Labute approximate surface area is 195 Å². The Morgan fingerprint density at radius 2 is 1.94 bits per heavy atom. The van der Waals surface area contributed by atoms with Crippen molar-refractivity contribution in [3.05, 3.63) is 48.0 Å². The van der Waals surface area contributed by atoms with Gasteiger partial charge in [-0.05, 0) is 50.1 Å².